The molecular formula is C31H41N5O5. The van der Waals surface area contributed by atoms with Crippen molar-refractivity contribution >= 4 is 24.1 Å². The van der Waals surface area contributed by atoms with Crippen molar-refractivity contribution in [2.75, 3.05) is 45.6 Å². The van der Waals surface area contributed by atoms with Crippen molar-refractivity contribution in [3.8, 4) is 5.75 Å². The first kappa shape index (κ1) is 28.9. The van der Waals surface area contributed by atoms with Gasteiger partial charge >= 0.3 is 12.1 Å². The second-order valence-corrected chi connectivity index (χ2v) is 11.6. The summed E-state index contributed by atoms with van der Waals surface area (Å²) >= 11 is 0. The Morgan fingerprint density at radius 2 is 1.80 bits per heavy atom. The Balaban J connectivity index is 1.40. The van der Waals surface area contributed by atoms with Crippen molar-refractivity contribution in [3.05, 3.63) is 59.7 Å². The molecule has 3 heterocycles. The first-order chi connectivity index (χ1) is 19.8. The number of aldehydes is 1. The summed E-state index contributed by atoms with van der Waals surface area (Å²) in [5.74, 6) is 0.147. The molecule has 0 bridgehead atoms. The molecule has 2 N–H and O–H groups in total. The van der Waals surface area contributed by atoms with E-state index < -0.39 is 11.8 Å². The third-order valence-electron chi connectivity index (χ3n) is 9.05. The molecular weight excluding hydrogens is 522 g/mol. The van der Waals surface area contributed by atoms with Gasteiger partial charge in [0.05, 0.1) is 0 Å². The van der Waals surface area contributed by atoms with E-state index in [2.05, 4.69) is 29.2 Å². The molecule has 10 heteroatoms. The molecule has 0 aliphatic carbocycles. The molecule has 0 unspecified atom stereocenters. The summed E-state index contributed by atoms with van der Waals surface area (Å²) in [5, 5.41) is 12.7. The van der Waals surface area contributed by atoms with Gasteiger partial charge in [0.1, 0.15) is 24.3 Å². The zero-order valence-electron chi connectivity index (χ0n) is 24.0. The first-order valence-electron chi connectivity index (χ1n) is 14.5. The number of para-hydroxylation sites is 1. The number of benzene rings is 2. The lowest BCUT2D eigenvalue weighted by Gasteiger charge is -2.56. The van der Waals surface area contributed by atoms with Gasteiger partial charge in [-0.05, 0) is 69.1 Å². The Labute approximate surface area is 241 Å². The lowest BCUT2D eigenvalue weighted by Crippen LogP contribution is -2.69. The molecule has 2 atom stereocenters. The minimum Gasteiger partial charge on any atom is -0.508 e. The number of anilines is 1. The second-order valence-electron chi connectivity index (χ2n) is 11.6. The summed E-state index contributed by atoms with van der Waals surface area (Å²) in [4.78, 5) is 47.6. The predicted molar refractivity (Wildman–Crippen MR) is 156 cm³/mol. The number of amides is 3. The van der Waals surface area contributed by atoms with Crippen LogP contribution in [0.1, 0.15) is 43.2 Å². The van der Waals surface area contributed by atoms with E-state index in [1.165, 1.54) is 0 Å². The van der Waals surface area contributed by atoms with Crippen LogP contribution in [0.15, 0.2) is 48.5 Å². The molecule has 0 spiro atoms. The van der Waals surface area contributed by atoms with Crippen molar-refractivity contribution in [2.45, 2.75) is 62.9 Å². The highest BCUT2D eigenvalue weighted by Gasteiger charge is 2.51. The van der Waals surface area contributed by atoms with Crippen LogP contribution in [-0.2, 0) is 22.6 Å². The van der Waals surface area contributed by atoms with Gasteiger partial charge < -0.3 is 29.8 Å². The second kappa shape index (κ2) is 12.5. The molecule has 0 saturated carbocycles. The Bertz CT molecular complexity index is 1230. The number of piperidine rings is 2. The van der Waals surface area contributed by atoms with E-state index >= 15 is 0 Å². The lowest BCUT2D eigenvalue weighted by atomic mass is 9.84. The monoisotopic (exact) mass is 563 g/mol. The smallest absolute Gasteiger partial charge is 0.411 e. The molecule has 3 amide bonds. The zero-order valence-corrected chi connectivity index (χ0v) is 24.0. The van der Waals surface area contributed by atoms with Crippen LogP contribution in [0.25, 0.3) is 0 Å². The van der Waals surface area contributed by atoms with Crippen LogP contribution in [0.3, 0.4) is 0 Å². The molecule has 2 saturated heterocycles. The van der Waals surface area contributed by atoms with Gasteiger partial charge in [-0.25, -0.2) is 9.59 Å². The van der Waals surface area contributed by atoms with Gasteiger partial charge in [-0.15, -0.1) is 0 Å². The number of hydrogen-bond acceptors (Lipinski definition) is 7. The SMILES string of the molecule is CN(C)C1CCN([C@]2(CC=O)C[C@H](N3CCc4ccccc4NC3=O)CCN2C(=O)OCc2ccc(O)cc2)CC1. The van der Waals surface area contributed by atoms with Crippen LogP contribution in [0.4, 0.5) is 15.3 Å². The molecule has 2 fully saturated rings. The number of fused-ring (bicyclic) bond motifs is 1. The van der Waals surface area contributed by atoms with Crippen LogP contribution >= 0.6 is 0 Å². The van der Waals surface area contributed by atoms with E-state index in [0.717, 1.165) is 55.5 Å². The standard InChI is InChI=1S/C31H41N5O5/c1-33(2)25-12-16-34(17-13-25)31(15-20-37)21-26(35-18-11-24-5-3-4-6-28(24)32-29(35)39)14-19-36(31)30(40)41-22-23-7-9-27(38)10-8-23/h3-10,20,25-26,38H,11-19,21-22H2,1-2H3,(H,32,39)/t26-,31+/m1/s1. The lowest BCUT2D eigenvalue weighted by molar-refractivity contribution is -0.128. The number of likely N-dealkylation sites (tertiary alicyclic amines) is 2. The number of nitrogens with one attached hydrogen (secondary N) is 1. The Morgan fingerprint density at radius 3 is 2.51 bits per heavy atom. The van der Waals surface area contributed by atoms with Gasteiger partial charge in [-0.2, -0.15) is 0 Å². The van der Waals surface area contributed by atoms with Gasteiger partial charge in [0.25, 0.3) is 0 Å². The summed E-state index contributed by atoms with van der Waals surface area (Å²) in [5.41, 5.74) is 1.80. The molecule has 0 aromatic heterocycles. The predicted octanol–water partition coefficient (Wildman–Crippen LogP) is 3.89. The minimum absolute atomic E-state index is 0.0612. The van der Waals surface area contributed by atoms with Crippen LogP contribution < -0.4 is 5.32 Å². The maximum absolute atomic E-state index is 13.7. The van der Waals surface area contributed by atoms with Gasteiger partial charge in [0, 0.05) is 56.8 Å². The van der Waals surface area contributed by atoms with Crippen molar-refractivity contribution in [3.63, 3.8) is 0 Å². The highest BCUT2D eigenvalue weighted by molar-refractivity contribution is 5.91. The number of rotatable bonds is 7. The molecule has 5 rings (SSSR count). The Kier molecular flexibility index (Phi) is 8.79. The normalized spacial score (nSPS) is 24.0. The van der Waals surface area contributed by atoms with Crippen molar-refractivity contribution in [1.29, 1.82) is 0 Å². The van der Waals surface area contributed by atoms with Crippen molar-refractivity contribution in [1.82, 2.24) is 19.6 Å². The molecule has 41 heavy (non-hydrogen) atoms. The number of phenols is 1. The molecule has 2 aromatic carbocycles. The van der Waals surface area contributed by atoms with E-state index in [0.29, 0.717) is 32.0 Å². The van der Waals surface area contributed by atoms with E-state index in [1.54, 1.807) is 29.2 Å². The molecule has 0 radical (unpaired) electrons. The van der Waals surface area contributed by atoms with Crippen LogP contribution in [0, 0.1) is 0 Å². The quantitative estimate of drug-likeness (QED) is 0.493. The number of aromatic hydroxyl groups is 1. The van der Waals surface area contributed by atoms with Crippen molar-refractivity contribution in [2.24, 2.45) is 0 Å². The number of phenolic OH excluding ortho intramolecular Hbond substituents is 1. The number of ether oxygens (including phenoxy) is 1. The number of nitrogens with zero attached hydrogens (tertiary/aromatic N) is 4. The summed E-state index contributed by atoms with van der Waals surface area (Å²) in [6.07, 6.45) is 4.21. The average Bonchev–Trinajstić information content (AvgIpc) is 3.15. The summed E-state index contributed by atoms with van der Waals surface area (Å²) < 4.78 is 5.79. The number of carbonyl (C=O) groups is 3. The van der Waals surface area contributed by atoms with Crippen LogP contribution in [-0.4, -0.2) is 101 Å². The van der Waals surface area contributed by atoms with E-state index in [1.807, 2.05) is 29.2 Å². The Morgan fingerprint density at radius 1 is 1.07 bits per heavy atom. The largest absolute Gasteiger partial charge is 0.508 e. The molecule has 220 valence electrons. The maximum atomic E-state index is 13.7. The fourth-order valence-corrected chi connectivity index (χ4v) is 6.71. The average molecular weight is 564 g/mol. The third-order valence-corrected chi connectivity index (χ3v) is 9.05. The summed E-state index contributed by atoms with van der Waals surface area (Å²) in [6.45, 7) is 2.48. The molecule has 3 aliphatic heterocycles. The first-order valence-corrected chi connectivity index (χ1v) is 14.5. The Hall–Kier alpha value is -3.63. The fraction of sp³-hybridized carbons (Fsp3) is 0.516. The number of hydrogen-bond donors (Lipinski definition) is 2. The maximum Gasteiger partial charge on any atom is 0.411 e. The third kappa shape index (κ3) is 6.18. The van der Waals surface area contributed by atoms with E-state index in [9.17, 15) is 19.5 Å². The number of urea groups is 1. The van der Waals surface area contributed by atoms with Crippen molar-refractivity contribution < 1.29 is 24.2 Å². The summed E-state index contributed by atoms with van der Waals surface area (Å²) in [6, 6.07) is 14.6. The van der Waals surface area contributed by atoms with Gasteiger partial charge in [0.2, 0.25) is 0 Å². The highest BCUT2D eigenvalue weighted by Crippen LogP contribution is 2.39. The fourth-order valence-electron chi connectivity index (χ4n) is 6.71. The van der Waals surface area contributed by atoms with E-state index in [4.69, 9.17) is 4.74 Å². The van der Waals surface area contributed by atoms with Crippen LogP contribution in [0.5, 0.6) is 5.75 Å². The number of carbonyl (C=O) groups excluding carboxylic acids is 3. The minimum atomic E-state index is -0.895. The van der Waals surface area contributed by atoms with Gasteiger partial charge in [-0.1, -0.05) is 30.3 Å². The summed E-state index contributed by atoms with van der Waals surface area (Å²) in [7, 11) is 4.17. The molecule has 2 aromatic rings. The zero-order chi connectivity index (χ0) is 29.0. The van der Waals surface area contributed by atoms with Gasteiger partial charge in [0.15, 0.2) is 0 Å². The highest BCUT2D eigenvalue weighted by atomic mass is 16.6. The van der Waals surface area contributed by atoms with E-state index in [-0.39, 0.29) is 30.9 Å². The van der Waals surface area contributed by atoms with Gasteiger partial charge in [-0.3, -0.25) is 9.80 Å². The molecule has 10 nitrogen and oxygen atoms in total. The molecule has 3 aliphatic rings. The topological polar surface area (TPSA) is 106 Å². The van der Waals surface area contributed by atoms with Crippen LogP contribution in [0.2, 0.25) is 0 Å².